The molecule has 1 nitrogen and oxygen atoms in total. The fourth-order valence-electron chi connectivity index (χ4n) is 1.31. The number of benzene rings is 1. The molecule has 1 aromatic carbocycles. The Balaban J connectivity index is 3.01. The number of hydrogen-bond acceptors (Lipinski definition) is 1. The zero-order valence-electron chi connectivity index (χ0n) is 9.84. The van der Waals surface area contributed by atoms with Crippen molar-refractivity contribution < 1.29 is 17.9 Å². The molecule has 0 N–H and O–H groups in total. The van der Waals surface area contributed by atoms with Crippen molar-refractivity contribution in [1.82, 2.24) is 0 Å². The molecule has 0 saturated carbocycles. The summed E-state index contributed by atoms with van der Waals surface area (Å²) in [6.45, 7) is 7.63. The lowest BCUT2D eigenvalue weighted by Gasteiger charge is -2.14. The van der Waals surface area contributed by atoms with E-state index in [4.69, 9.17) is 4.74 Å². The Hall–Kier alpha value is -1.45. The summed E-state index contributed by atoms with van der Waals surface area (Å²) in [4.78, 5) is 0. The number of hydrogen-bond donors (Lipinski definition) is 0. The predicted octanol–water partition coefficient (Wildman–Crippen LogP) is 4.38. The molecule has 0 fully saturated rings. The third-order valence-electron chi connectivity index (χ3n) is 2.13. The molecular formula is C13H15F3O. The van der Waals surface area contributed by atoms with E-state index in [1.165, 1.54) is 18.2 Å². The van der Waals surface area contributed by atoms with Gasteiger partial charge in [-0.3, -0.25) is 0 Å². The second kappa shape index (κ2) is 5.25. The van der Waals surface area contributed by atoms with Gasteiger partial charge in [-0.05, 0) is 23.6 Å². The number of rotatable bonds is 4. The maximum atomic E-state index is 12.7. The molecule has 0 saturated heterocycles. The molecule has 0 heterocycles. The van der Waals surface area contributed by atoms with Crippen molar-refractivity contribution in [2.24, 2.45) is 5.92 Å². The smallest absolute Gasteiger partial charge is 0.417 e. The van der Waals surface area contributed by atoms with Gasteiger partial charge in [0.25, 0.3) is 0 Å². The minimum atomic E-state index is -4.39. The summed E-state index contributed by atoms with van der Waals surface area (Å²) in [5.41, 5.74) is -0.650. The SMILES string of the molecule is C=Cc1ccc(OCC(C)C)cc1C(F)(F)F. The van der Waals surface area contributed by atoms with E-state index in [1.807, 2.05) is 13.8 Å². The molecule has 0 aliphatic carbocycles. The van der Waals surface area contributed by atoms with Gasteiger partial charge in [-0.1, -0.05) is 32.6 Å². The van der Waals surface area contributed by atoms with Crippen molar-refractivity contribution >= 4 is 6.08 Å². The van der Waals surface area contributed by atoms with Crippen LogP contribution in [0.4, 0.5) is 13.2 Å². The Labute approximate surface area is 98.9 Å². The maximum Gasteiger partial charge on any atom is 0.417 e. The largest absolute Gasteiger partial charge is 0.493 e. The summed E-state index contributed by atoms with van der Waals surface area (Å²) in [6, 6.07) is 3.90. The first kappa shape index (κ1) is 13.6. The van der Waals surface area contributed by atoms with Gasteiger partial charge in [-0.25, -0.2) is 0 Å². The highest BCUT2D eigenvalue weighted by Crippen LogP contribution is 2.34. The van der Waals surface area contributed by atoms with Crippen molar-refractivity contribution in [2.75, 3.05) is 6.61 Å². The summed E-state index contributed by atoms with van der Waals surface area (Å²) < 4.78 is 43.4. The van der Waals surface area contributed by atoms with Crippen molar-refractivity contribution in [3.63, 3.8) is 0 Å². The molecule has 0 radical (unpaired) electrons. The van der Waals surface area contributed by atoms with Gasteiger partial charge < -0.3 is 4.74 Å². The molecule has 0 aromatic heterocycles. The standard InChI is InChI=1S/C13H15F3O/c1-4-10-5-6-11(17-8-9(2)3)7-12(10)13(14,15)16/h4-7,9H,1,8H2,2-3H3. The van der Waals surface area contributed by atoms with E-state index >= 15 is 0 Å². The number of alkyl halides is 3. The van der Waals surface area contributed by atoms with Crippen molar-refractivity contribution in [3.8, 4) is 5.75 Å². The first-order chi connectivity index (χ1) is 7.84. The molecule has 0 aliphatic heterocycles. The van der Waals surface area contributed by atoms with Crippen LogP contribution in [-0.2, 0) is 6.18 Å². The maximum absolute atomic E-state index is 12.7. The van der Waals surface area contributed by atoms with Crippen LogP contribution >= 0.6 is 0 Å². The molecule has 1 rings (SSSR count). The molecule has 94 valence electrons. The predicted molar refractivity (Wildman–Crippen MR) is 61.9 cm³/mol. The highest BCUT2D eigenvalue weighted by molar-refractivity contribution is 5.55. The van der Waals surface area contributed by atoms with Gasteiger partial charge in [0.1, 0.15) is 5.75 Å². The Kier molecular flexibility index (Phi) is 4.21. The lowest BCUT2D eigenvalue weighted by atomic mass is 10.1. The van der Waals surface area contributed by atoms with E-state index in [0.29, 0.717) is 6.61 Å². The van der Waals surface area contributed by atoms with Crippen LogP contribution in [0.2, 0.25) is 0 Å². The zero-order chi connectivity index (χ0) is 13.1. The Morgan fingerprint density at radius 3 is 2.47 bits per heavy atom. The highest BCUT2D eigenvalue weighted by Gasteiger charge is 2.33. The van der Waals surface area contributed by atoms with Crippen LogP contribution in [0.1, 0.15) is 25.0 Å². The van der Waals surface area contributed by atoms with Crippen LogP contribution in [0, 0.1) is 5.92 Å². The highest BCUT2D eigenvalue weighted by atomic mass is 19.4. The Bertz CT molecular complexity index is 394. The average Bonchev–Trinajstić information content (AvgIpc) is 2.24. The first-order valence-corrected chi connectivity index (χ1v) is 5.31. The molecule has 0 aliphatic rings. The molecule has 0 spiro atoms. The van der Waals surface area contributed by atoms with Crippen LogP contribution in [-0.4, -0.2) is 6.61 Å². The second-order valence-corrected chi connectivity index (χ2v) is 4.16. The third kappa shape index (κ3) is 3.80. The third-order valence-corrected chi connectivity index (χ3v) is 2.13. The van der Waals surface area contributed by atoms with Crippen LogP contribution in [0.15, 0.2) is 24.8 Å². The van der Waals surface area contributed by atoms with Crippen LogP contribution in [0.3, 0.4) is 0 Å². The first-order valence-electron chi connectivity index (χ1n) is 5.31. The van der Waals surface area contributed by atoms with Crippen molar-refractivity contribution in [2.45, 2.75) is 20.0 Å². The molecule has 0 unspecified atom stereocenters. The van der Waals surface area contributed by atoms with Gasteiger partial charge in [0.05, 0.1) is 12.2 Å². The van der Waals surface area contributed by atoms with Gasteiger partial charge >= 0.3 is 6.18 Å². The Morgan fingerprint density at radius 2 is 2.00 bits per heavy atom. The van der Waals surface area contributed by atoms with E-state index in [0.717, 1.165) is 6.07 Å². The van der Waals surface area contributed by atoms with Crippen molar-refractivity contribution in [1.29, 1.82) is 0 Å². The summed E-state index contributed by atoms with van der Waals surface area (Å²) in [5.74, 6) is 0.500. The van der Waals surface area contributed by atoms with Gasteiger partial charge in [-0.2, -0.15) is 13.2 Å². The lowest BCUT2D eigenvalue weighted by Crippen LogP contribution is -2.09. The fourth-order valence-corrected chi connectivity index (χ4v) is 1.31. The van der Waals surface area contributed by atoms with Gasteiger partial charge in [0, 0.05) is 0 Å². The molecule has 1 aromatic rings. The van der Waals surface area contributed by atoms with E-state index < -0.39 is 11.7 Å². The minimum Gasteiger partial charge on any atom is -0.493 e. The van der Waals surface area contributed by atoms with E-state index in [9.17, 15) is 13.2 Å². The van der Waals surface area contributed by atoms with Crippen LogP contribution < -0.4 is 4.74 Å². The van der Waals surface area contributed by atoms with E-state index in [1.54, 1.807) is 0 Å². The normalized spacial score (nSPS) is 11.6. The quantitative estimate of drug-likeness (QED) is 0.763. The Morgan fingerprint density at radius 1 is 1.35 bits per heavy atom. The summed E-state index contributed by atoms with van der Waals surface area (Å²) in [6.07, 6.45) is -3.20. The number of ether oxygens (including phenoxy) is 1. The monoisotopic (exact) mass is 244 g/mol. The lowest BCUT2D eigenvalue weighted by molar-refractivity contribution is -0.137. The van der Waals surface area contributed by atoms with Gasteiger partial charge in [-0.15, -0.1) is 0 Å². The summed E-state index contributed by atoms with van der Waals surface area (Å²) in [7, 11) is 0. The molecular weight excluding hydrogens is 229 g/mol. The van der Waals surface area contributed by atoms with E-state index in [-0.39, 0.29) is 17.2 Å². The zero-order valence-corrected chi connectivity index (χ0v) is 9.84. The van der Waals surface area contributed by atoms with Crippen molar-refractivity contribution in [3.05, 3.63) is 35.9 Å². The van der Waals surface area contributed by atoms with E-state index in [2.05, 4.69) is 6.58 Å². The topological polar surface area (TPSA) is 9.23 Å². The molecule has 4 heteroatoms. The molecule has 0 amide bonds. The van der Waals surface area contributed by atoms with Crippen LogP contribution in [0.25, 0.3) is 6.08 Å². The van der Waals surface area contributed by atoms with Crippen LogP contribution in [0.5, 0.6) is 5.75 Å². The second-order valence-electron chi connectivity index (χ2n) is 4.16. The van der Waals surface area contributed by atoms with Gasteiger partial charge in [0.2, 0.25) is 0 Å². The van der Waals surface area contributed by atoms with Gasteiger partial charge in [0.15, 0.2) is 0 Å². The molecule has 0 atom stereocenters. The average molecular weight is 244 g/mol. The molecule has 0 bridgehead atoms. The summed E-state index contributed by atoms with van der Waals surface area (Å²) >= 11 is 0. The molecule has 17 heavy (non-hydrogen) atoms. The fraction of sp³-hybridized carbons (Fsp3) is 0.385. The number of halogens is 3. The summed E-state index contributed by atoms with van der Waals surface area (Å²) in [5, 5.41) is 0. The minimum absolute atomic E-state index is 0.0643.